The summed E-state index contributed by atoms with van der Waals surface area (Å²) < 4.78 is 4.47. The first-order valence-electron chi connectivity index (χ1n) is 10.3. The van der Waals surface area contributed by atoms with Crippen LogP contribution in [0.3, 0.4) is 0 Å². The fourth-order valence-corrected chi connectivity index (χ4v) is 4.37. The van der Waals surface area contributed by atoms with Gasteiger partial charge in [0.25, 0.3) is 5.91 Å². The summed E-state index contributed by atoms with van der Waals surface area (Å²) >= 11 is 3.48. The summed E-state index contributed by atoms with van der Waals surface area (Å²) in [7, 11) is 0. The van der Waals surface area contributed by atoms with Crippen LogP contribution in [0.15, 0.2) is 65.7 Å². The van der Waals surface area contributed by atoms with Gasteiger partial charge in [0.1, 0.15) is 11.4 Å². The number of nitrogens with zero attached hydrogens (tertiary/aromatic N) is 6. The van der Waals surface area contributed by atoms with Crippen molar-refractivity contribution in [1.82, 2.24) is 29.3 Å². The number of carbonyl (C=O) groups is 1. The van der Waals surface area contributed by atoms with Crippen LogP contribution in [-0.2, 0) is 6.54 Å². The summed E-state index contributed by atoms with van der Waals surface area (Å²) in [5.41, 5.74) is 2.32. The standard InChI is InChI=1S/C22H22BrN7O/c23-19-15-27-30-20(24-13-16-5-2-1-3-6-16)18(14-25-21(19)30)22(31)28-11-7-17(8-12-28)29-10-4-9-26-29/h1-6,9-10,14-15,17,24H,7-8,11-13H2. The lowest BCUT2D eigenvalue weighted by atomic mass is 10.0. The smallest absolute Gasteiger partial charge is 0.259 e. The van der Waals surface area contributed by atoms with Crippen LogP contribution >= 0.6 is 15.9 Å². The molecule has 1 fully saturated rings. The maximum atomic E-state index is 13.4. The number of carbonyl (C=O) groups excluding carboxylic acids is 1. The molecule has 5 rings (SSSR count). The first kappa shape index (κ1) is 19.7. The Morgan fingerprint density at radius 2 is 1.90 bits per heavy atom. The van der Waals surface area contributed by atoms with Crippen LogP contribution in [0.4, 0.5) is 5.82 Å². The second-order valence-corrected chi connectivity index (χ2v) is 8.45. The van der Waals surface area contributed by atoms with E-state index in [4.69, 9.17) is 0 Å². The number of piperidine rings is 1. The fourth-order valence-electron chi connectivity index (χ4n) is 4.01. The highest BCUT2D eigenvalue weighted by molar-refractivity contribution is 9.10. The van der Waals surface area contributed by atoms with Gasteiger partial charge >= 0.3 is 0 Å². The second kappa shape index (κ2) is 8.50. The maximum Gasteiger partial charge on any atom is 0.259 e. The van der Waals surface area contributed by atoms with Gasteiger partial charge in [0.15, 0.2) is 5.65 Å². The van der Waals surface area contributed by atoms with E-state index >= 15 is 0 Å². The van der Waals surface area contributed by atoms with Crippen LogP contribution in [0.2, 0.25) is 0 Å². The number of fused-ring (bicyclic) bond motifs is 1. The molecule has 0 saturated carbocycles. The zero-order valence-corrected chi connectivity index (χ0v) is 18.4. The molecule has 1 aliphatic heterocycles. The minimum Gasteiger partial charge on any atom is -0.365 e. The van der Waals surface area contributed by atoms with Gasteiger partial charge < -0.3 is 10.2 Å². The molecule has 1 saturated heterocycles. The van der Waals surface area contributed by atoms with E-state index in [1.165, 1.54) is 0 Å². The van der Waals surface area contributed by atoms with Crippen molar-refractivity contribution in [2.45, 2.75) is 25.4 Å². The number of rotatable bonds is 5. The first-order chi connectivity index (χ1) is 15.2. The molecule has 4 heterocycles. The van der Waals surface area contributed by atoms with E-state index in [1.54, 1.807) is 23.1 Å². The topological polar surface area (TPSA) is 80.4 Å². The molecule has 1 amide bonds. The summed E-state index contributed by atoms with van der Waals surface area (Å²) in [5, 5.41) is 12.2. The van der Waals surface area contributed by atoms with Crippen molar-refractivity contribution >= 4 is 33.3 Å². The third kappa shape index (κ3) is 3.93. The summed E-state index contributed by atoms with van der Waals surface area (Å²) in [4.78, 5) is 19.8. The monoisotopic (exact) mass is 479 g/mol. The van der Waals surface area contributed by atoms with E-state index in [-0.39, 0.29) is 5.91 Å². The minimum absolute atomic E-state index is 0.0319. The number of aromatic nitrogens is 5. The number of hydrogen-bond acceptors (Lipinski definition) is 5. The highest BCUT2D eigenvalue weighted by atomic mass is 79.9. The van der Waals surface area contributed by atoms with Crippen molar-refractivity contribution < 1.29 is 4.79 Å². The molecule has 9 heteroatoms. The van der Waals surface area contributed by atoms with Crippen molar-refractivity contribution in [3.05, 3.63) is 76.8 Å². The lowest BCUT2D eigenvalue weighted by molar-refractivity contribution is 0.0690. The van der Waals surface area contributed by atoms with Gasteiger partial charge in [-0.05, 0) is 40.4 Å². The van der Waals surface area contributed by atoms with Gasteiger partial charge in [-0.3, -0.25) is 9.48 Å². The largest absolute Gasteiger partial charge is 0.365 e. The number of anilines is 1. The van der Waals surface area contributed by atoms with Crippen molar-refractivity contribution in [3.8, 4) is 0 Å². The molecule has 0 aliphatic carbocycles. The SMILES string of the molecule is O=C(c1cnc2c(Br)cnn2c1NCc1ccccc1)N1CCC(n2cccn2)CC1. The highest BCUT2D eigenvalue weighted by Gasteiger charge is 2.27. The molecule has 1 N–H and O–H groups in total. The third-order valence-electron chi connectivity index (χ3n) is 5.67. The molecule has 8 nitrogen and oxygen atoms in total. The van der Waals surface area contributed by atoms with Gasteiger partial charge in [0, 0.05) is 38.2 Å². The molecule has 0 bridgehead atoms. The molecule has 0 unspecified atom stereocenters. The Balaban J connectivity index is 1.40. The van der Waals surface area contributed by atoms with E-state index in [0.717, 1.165) is 22.9 Å². The zero-order valence-electron chi connectivity index (χ0n) is 16.9. The number of benzene rings is 1. The van der Waals surface area contributed by atoms with Crippen LogP contribution in [0.25, 0.3) is 5.65 Å². The van der Waals surface area contributed by atoms with Crippen molar-refractivity contribution in [1.29, 1.82) is 0 Å². The van der Waals surface area contributed by atoms with Crippen LogP contribution in [0, 0.1) is 0 Å². The van der Waals surface area contributed by atoms with E-state index in [0.29, 0.717) is 42.7 Å². The van der Waals surface area contributed by atoms with E-state index in [9.17, 15) is 4.79 Å². The number of hydrogen-bond donors (Lipinski definition) is 1. The van der Waals surface area contributed by atoms with Gasteiger partial charge in [-0.15, -0.1) is 0 Å². The van der Waals surface area contributed by atoms with E-state index < -0.39 is 0 Å². The molecule has 158 valence electrons. The molecule has 0 atom stereocenters. The molecule has 3 aromatic heterocycles. The summed E-state index contributed by atoms with van der Waals surface area (Å²) in [6.07, 6.45) is 8.88. The molecular formula is C22H22BrN7O. The average Bonchev–Trinajstić information content (AvgIpc) is 3.48. The Bertz CT molecular complexity index is 1180. The summed E-state index contributed by atoms with van der Waals surface area (Å²) in [5.74, 6) is 0.620. The van der Waals surface area contributed by atoms with Gasteiger partial charge in [-0.1, -0.05) is 30.3 Å². The minimum atomic E-state index is -0.0319. The Labute approximate surface area is 188 Å². The third-order valence-corrected chi connectivity index (χ3v) is 6.23. The first-order valence-corrected chi connectivity index (χ1v) is 11.1. The van der Waals surface area contributed by atoms with Gasteiger partial charge in [0.2, 0.25) is 0 Å². The molecular weight excluding hydrogens is 458 g/mol. The van der Waals surface area contributed by atoms with Gasteiger partial charge in [0.05, 0.1) is 16.7 Å². The molecule has 4 aromatic rings. The lowest BCUT2D eigenvalue weighted by Gasteiger charge is -2.32. The number of halogens is 1. The van der Waals surface area contributed by atoms with E-state index in [1.807, 2.05) is 52.2 Å². The highest BCUT2D eigenvalue weighted by Crippen LogP contribution is 2.27. The number of amides is 1. The van der Waals surface area contributed by atoms with Crippen molar-refractivity contribution in [2.75, 3.05) is 18.4 Å². The Hall–Kier alpha value is -3.20. The van der Waals surface area contributed by atoms with Gasteiger partial charge in [-0.2, -0.15) is 14.7 Å². The van der Waals surface area contributed by atoms with Crippen LogP contribution < -0.4 is 5.32 Å². The van der Waals surface area contributed by atoms with Gasteiger partial charge in [-0.25, -0.2) is 4.98 Å². The zero-order chi connectivity index (χ0) is 21.2. The molecule has 1 aromatic carbocycles. The second-order valence-electron chi connectivity index (χ2n) is 7.60. The normalized spacial score (nSPS) is 14.8. The molecule has 31 heavy (non-hydrogen) atoms. The number of likely N-dealkylation sites (tertiary alicyclic amines) is 1. The fraction of sp³-hybridized carbons (Fsp3) is 0.273. The maximum absolute atomic E-state index is 13.4. The Morgan fingerprint density at radius 3 is 2.65 bits per heavy atom. The number of nitrogens with one attached hydrogen (secondary N) is 1. The average molecular weight is 480 g/mol. The van der Waals surface area contributed by atoms with Crippen LogP contribution in [0.5, 0.6) is 0 Å². The summed E-state index contributed by atoms with van der Waals surface area (Å²) in [6, 6.07) is 12.3. The van der Waals surface area contributed by atoms with Crippen molar-refractivity contribution in [3.63, 3.8) is 0 Å². The quantitative estimate of drug-likeness (QED) is 0.471. The van der Waals surface area contributed by atoms with Crippen LogP contribution in [0.1, 0.15) is 34.8 Å². The predicted molar refractivity (Wildman–Crippen MR) is 121 cm³/mol. The lowest BCUT2D eigenvalue weighted by Crippen LogP contribution is -2.39. The summed E-state index contributed by atoms with van der Waals surface area (Å²) in [6.45, 7) is 1.95. The Kier molecular flexibility index (Phi) is 5.42. The predicted octanol–water partition coefficient (Wildman–Crippen LogP) is 3.78. The molecule has 0 spiro atoms. The van der Waals surface area contributed by atoms with E-state index in [2.05, 4.69) is 36.4 Å². The Morgan fingerprint density at radius 1 is 1.10 bits per heavy atom. The molecule has 1 aliphatic rings. The van der Waals surface area contributed by atoms with Crippen LogP contribution in [-0.4, -0.2) is 48.3 Å². The molecule has 0 radical (unpaired) electrons. The van der Waals surface area contributed by atoms with Crippen molar-refractivity contribution in [2.24, 2.45) is 0 Å².